The van der Waals surface area contributed by atoms with Crippen LogP contribution in [-0.4, -0.2) is 54.2 Å². The lowest BCUT2D eigenvalue weighted by atomic mass is 10.2. The Bertz CT molecular complexity index is 592. The Hall–Kier alpha value is -2.01. The number of hydrogen-bond donors (Lipinski definition) is 1. The number of carbonyl (C=O) groups excluding carboxylic acids is 1. The number of rotatable bonds is 5. The van der Waals surface area contributed by atoms with Gasteiger partial charge in [0.25, 0.3) is 0 Å². The zero-order chi connectivity index (χ0) is 16.9. The molecule has 1 fully saturated rings. The number of amides is 2. The normalized spacial score (nSPS) is 20.8. The van der Waals surface area contributed by atoms with Crippen LogP contribution in [-0.2, 0) is 6.54 Å². The van der Waals surface area contributed by atoms with Gasteiger partial charge in [-0.15, -0.1) is 0 Å². The molecular formula is C19H27N3O2. The molecule has 1 aromatic carbocycles. The maximum Gasteiger partial charge on any atom is 0.317 e. The van der Waals surface area contributed by atoms with Crippen molar-refractivity contribution >= 4 is 6.03 Å². The molecule has 2 aliphatic heterocycles. The van der Waals surface area contributed by atoms with Crippen LogP contribution in [0.15, 0.2) is 36.4 Å². The molecule has 1 aromatic rings. The molecule has 2 amide bonds. The maximum atomic E-state index is 12.4. The summed E-state index contributed by atoms with van der Waals surface area (Å²) in [6.07, 6.45) is 5.62. The number of benzene rings is 1. The van der Waals surface area contributed by atoms with Gasteiger partial charge in [0.1, 0.15) is 5.75 Å². The SMILES string of the molecule is CC(C)Oc1cccc(CNC(=O)N2CC[C@H](N3CC=CC3)C2)c1. The molecule has 0 unspecified atom stereocenters. The molecule has 24 heavy (non-hydrogen) atoms. The average molecular weight is 329 g/mol. The van der Waals surface area contributed by atoms with Crippen molar-refractivity contribution in [3.8, 4) is 5.75 Å². The van der Waals surface area contributed by atoms with Gasteiger partial charge in [-0.2, -0.15) is 0 Å². The second-order valence-electron chi connectivity index (χ2n) is 6.79. The van der Waals surface area contributed by atoms with Crippen LogP contribution in [0, 0.1) is 0 Å². The summed E-state index contributed by atoms with van der Waals surface area (Å²) in [6, 6.07) is 8.43. The fourth-order valence-electron chi connectivity index (χ4n) is 3.31. The molecular weight excluding hydrogens is 302 g/mol. The summed E-state index contributed by atoms with van der Waals surface area (Å²) in [6.45, 7) is 8.24. The number of nitrogens with zero attached hydrogens (tertiary/aromatic N) is 2. The standard InChI is InChI=1S/C19H27N3O2/c1-15(2)24-18-7-5-6-16(12-18)13-20-19(23)22-11-8-17(14-22)21-9-3-4-10-21/h3-7,12,15,17H,8-11,13-14H2,1-2H3,(H,20,23)/t17-/m0/s1. The molecule has 0 aromatic heterocycles. The first-order valence-corrected chi connectivity index (χ1v) is 8.79. The highest BCUT2D eigenvalue weighted by atomic mass is 16.5. The first-order chi connectivity index (χ1) is 11.6. The minimum absolute atomic E-state index is 0.0276. The molecule has 3 rings (SSSR count). The zero-order valence-corrected chi connectivity index (χ0v) is 14.6. The van der Waals surface area contributed by atoms with E-state index < -0.39 is 0 Å². The van der Waals surface area contributed by atoms with E-state index in [4.69, 9.17) is 4.74 Å². The van der Waals surface area contributed by atoms with Crippen molar-refractivity contribution in [3.05, 3.63) is 42.0 Å². The van der Waals surface area contributed by atoms with Crippen molar-refractivity contribution in [2.24, 2.45) is 0 Å². The predicted molar refractivity (Wildman–Crippen MR) is 95.1 cm³/mol. The fraction of sp³-hybridized carbons (Fsp3) is 0.526. The van der Waals surface area contributed by atoms with E-state index in [1.165, 1.54) is 0 Å². The molecule has 5 heteroatoms. The number of carbonyl (C=O) groups is 1. The summed E-state index contributed by atoms with van der Waals surface area (Å²) in [5, 5.41) is 3.03. The third-order valence-electron chi connectivity index (χ3n) is 4.53. The Labute approximate surface area is 144 Å². The number of nitrogens with one attached hydrogen (secondary N) is 1. The monoisotopic (exact) mass is 329 g/mol. The van der Waals surface area contributed by atoms with E-state index in [2.05, 4.69) is 22.4 Å². The first-order valence-electron chi connectivity index (χ1n) is 8.79. The molecule has 0 spiro atoms. The van der Waals surface area contributed by atoms with Gasteiger partial charge in [-0.05, 0) is 38.0 Å². The van der Waals surface area contributed by atoms with Crippen molar-refractivity contribution in [1.29, 1.82) is 0 Å². The zero-order valence-electron chi connectivity index (χ0n) is 14.6. The van der Waals surface area contributed by atoms with Gasteiger partial charge in [-0.3, -0.25) is 4.90 Å². The highest BCUT2D eigenvalue weighted by Gasteiger charge is 2.30. The molecule has 130 valence electrons. The second kappa shape index (κ2) is 7.71. The Kier molecular flexibility index (Phi) is 5.41. The Morgan fingerprint density at radius 2 is 2.12 bits per heavy atom. The Balaban J connectivity index is 1.47. The molecule has 0 aliphatic carbocycles. The van der Waals surface area contributed by atoms with E-state index in [-0.39, 0.29) is 12.1 Å². The van der Waals surface area contributed by atoms with E-state index in [0.29, 0.717) is 12.6 Å². The van der Waals surface area contributed by atoms with E-state index >= 15 is 0 Å². The third-order valence-corrected chi connectivity index (χ3v) is 4.53. The van der Waals surface area contributed by atoms with Crippen LogP contribution >= 0.6 is 0 Å². The van der Waals surface area contributed by atoms with Crippen molar-refractivity contribution in [2.75, 3.05) is 26.2 Å². The number of likely N-dealkylation sites (tertiary alicyclic amines) is 1. The van der Waals surface area contributed by atoms with Crippen LogP contribution in [0.3, 0.4) is 0 Å². The second-order valence-corrected chi connectivity index (χ2v) is 6.79. The van der Waals surface area contributed by atoms with Crippen LogP contribution in [0.2, 0.25) is 0 Å². The van der Waals surface area contributed by atoms with Crippen molar-refractivity contribution in [3.63, 3.8) is 0 Å². The summed E-state index contributed by atoms with van der Waals surface area (Å²) in [7, 11) is 0. The predicted octanol–water partition coefficient (Wildman–Crippen LogP) is 2.63. The summed E-state index contributed by atoms with van der Waals surface area (Å²) >= 11 is 0. The Morgan fingerprint density at radius 1 is 1.33 bits per heavy atom. The van der Waals surface area contributed by atoms with Gasteiger partial charge >= 0.3 is 6.03 Å². The highest BCUT2D eigenvalue weighted by Crippen LogP contribution is 2.18. The molecule has 2 aliphatic rings. The van der Waals surface area contributed by atoms with Gasteiger partial charge in [-0.25, -0.2) is 4.79 Å². The number of ether oxygens (including phenoxy) is 1. The van der Waals surface area contributed by atoms with Crippen molar-refractivity contribution < 1.29 is 9.53 Å². The third kappa shape index (κ3) is 4.29. The molecule has 1 atom stereocenters. The first kappa shape index (κ1) is 16.8. The molecule has 1 N–H and O–H groups in total. The van der Waals surface area contributed by atoms with Crippen LogP contribution in [0.4, 0.5) is 4.79 Å². The summed E-state index contributed by atoms with van der Waals surface area (Å²) in [5.41, 5.74) is 1.06. The molecule has 2 heterocycles. The lowest BCUT2D eigenvalue weighted by molar-refractivity contribution is 0.199. The minimum atomic E-state index is 0.0276. The van der Waals surface area contributed by atoms with Crippen molar-refractivity contribution in [1.82, 2.24) is 15.1 Å². The maximum absolute atomic E-state index is 12.4. The van der Waals surface area contributed by atoms with Gasteiger partial charge < -0.3 is 15.0 Å². The van der Waals surface area contributed by atoms with Gasteiger partial charge in [0, 0.05) is 38.8 Å². The lowest BCUT2D eigenvalue weighted by Gasteiger charge is -2.23. The number of hydrogen-bond acceptors (Lipinski definition) is 3. The van der Waals surface area contributed by atoms with E-state index in [1.807, 2.05) is 43.0 Å². The number of urea groups is 1. The topological polar surface area (TPSA) is 44.8 Å². The summed E-state index contributed by atoms with van der Waals surface area (Å²) in [5.74, 6) is 0.847. The molecule has 0 bridgehead atoms. The molecule has 0 saturated carbocycles. The van der Waals surface area contributed by atoms with Crippen LogP contribution in [0.25, 0.3) is 0 Å². The van der Waals surface area contributed by atoms with Crippen LogP contribution in [0.5, 0.6) is 5.75 Å². The van der Waals surface area contributed by atoms with Gasteiger partial charge in [-0.1, -0.05) is 24.3 Å². The minimum Gasteiger partial charge on any atom is -0.491 e. The van der Waals surface area contributed by atoms with E-state index in [9.17, 15) is 4.79 Å². The highest BCUT2D eigenvalue weighted by molar-refractivity contribution is 5.74. The summed E-state index contributed by atoms with van der Waals surface area (Å²) in [4.78, 5) is 16.7. The summed E-state index contributed by atoms with van der Waals surface area (Å²) < 4.78 is 5.70. The quantitative estimate of drug-likeness (QED) is 0.845. The Morgan fingerprint density at radius 3 is 2.88 bits per heavy atom. The smallest absolute Gasteiger partial charge is 0.317 e. The molecule has 5 nitrogen and oxygen atoms in total. The van der Waals surface area contributed by atoms with E-state index in [1.54, 1.807) is 0 Å². The van der Waals surface area contributed by atoms with Crippen LogP contribution < -0.4 is 10.1 Å². The molecule has 0 radical (unpaired) electrons. The van der Waals surface area contributed by atoms with Gasteiger partial charge in [0.2, 0.25) is 0 Å². The van der Waals surface area contributed by atoms with E-state index in [0.717, 1.165) is 43.9 Å². The van der Waals surface area contributed by atoms with Crippen LogP contribution in [0.1, 0.15) is 25.8 Å². The fourth-order valence-corrected chi connectivity index (χ4v) is 3.31. The average Bonchev–Trinajstić information content (AvgIpc) is 3.23. The van der Waals surface area contributed by atoms with Crippen molar-refractivity contribution in [2.45, 2.75) is 39.0 Å². The molecule has 1 saturated heterocycles. The van der Waals surface area contributed by atoms with Gasteiger partial charge in [0.15, 0.2) is 0 Å². The largest absolute Gasteiger partial charge is 0.491 e. The van der Waals surface area contributed by atoms with Gasteiger partial charge in [0.05, 0.1) is 6.10 Å². The lowest BCUT2D eigenvalue weighted by Crippen LogP contribution is -2.41.